The van der Waals surface area contributed by atoms with Crippen LogP contribution in [0.15, 0.2) is 72.0 Å². The molecule has 1 aliphatic heterocycles. The Labute approximate surface area is 143 Å². The van der Waals surface area contributed by atoms with Crippen molar-refractivity contribution in [1.29, 1.82) is 0 Å². The van der Waals surface area contributed by atoms with Crippen LogP contribution in [0.4, 0.5) is 4.39 Å². The van der Waals surface area contributed by atoms with Crippen LogP contribution < -0.4 is 0 Å². The maximum atomic E-state index is 13.4. The molecule has 0 bridgehead atoms. The first-order valence-corrected chi connectivity index (χ1v) is 8.62. The van der Waals surface area contributed by atoms with Gasteiger partial charge in [-0.2, -0.15) is 0 Å². The Balaban J connectivity index is 1.57. The van der Waals surface area contributed by atoms with Crippen LogP contribution in [0.5, 0.6) is 0 Å². The molecule has 1 atom stereocenters. The number of hydrogen-bond acceptors (Lipinski definition) is 4. The summed E-state index contributed by atoms with van der Waals surface area (Å²) in [6.45, 7) is 0. The molecule has 0 saturated carbocycles. The molecule has 1 aliphatic rings. The van der Waals surface area contributed by atoms with Gasteiger partial charge in [0.15, 0.2) is 5.82 Å². The standard InChI is InChI=1S/C19H14FN3S/c20-16-8-4-7-14(9-16)19-23-17(12-24-19)15-10-21-18(22-11-15)13-5-2-1-3-6-13/h1-11,17H,12H2. The molecular formula is C19H14FN3S. The van der Waals surface area contributed by atoms with Crippen molar-refractivity contribution in [2.45, 2.75) is 6.04 Å². The summed E-state index contributed by atoms with van der Waals surface area (Å²) in [5.74, 6) is 1.29. The fourth-order valence-electron chi connectivity index (χ4n) is 2.57. The van der Waals surface area contributed by atoms with Gasteiger partial charge in [0, 0.05) is 34.8 Å². The third kappa shape index (κ3) is 3.08. The molecule has 3 aromatic rings. The predicted octanol–water partition coefficient (Wildman–Crippen LogP) is 4.52. The van der Waals surface area contributed by atoms with Crippen LogP contribution in [0.1, 0.15) is 17.2 Å². The summed E-state index contributed by atoms with van der Waals surface area (Å²) in [7, 11) is 0. The van der Waals surface area contributed by atoms with Gasteiger partial charge in [0.2, 0.25) is 0 Å². The molecule has 118 valence electrons. The molecule has 2 heterocycles. The third-order valence-electron chi connectivity index (χ3n) is 3.81. The first kappa shape index (κ1) is 15.0. The molecule has 0 amide bonds. The molecule has 0 aliphatic carbocycles. The number of hydrogen-bond donors (Lipinski definition) is 0. The summed E-state index contributed by atoms with van der Waals surface area (Å²) < 4.78 is 13.4. The number of benzene rings is 2. The zero-order valence-corrected chi connectivity index (χ0v) is 13.6. The molecule has 0 fully saturated rings. The van der Waals surface area contributed by atoms with Gasteiger partial charge >= 0.3 is 0 Å². The van der Waals surface area contributed by atoms with Gasteiger partial charge in [0.05, 0.1) is 11.1 Å². The molecule has 24 heavy (non-hydrogen) atoms. The van der Waals surface area contributed by atoms with E-state index in [1.54, 1.807) is 17.8 Å². The minimum absolute atomic E-state index is 0.0121. The van der Waals surface area contributed by atoms with Gasteiger partial charge in [0.25, 0.3) is 0 Å². The zero-order chi connectivity index (χ0) is 16.4. The quantitative estimate of drug-likeness (QED) is 0.706. The van der Waals surface area contributed by atoms with Gasteiger partial charge in [-0.3, -0.25) is 4.99 Å². The maximum Gasteiger partial charge on any atom is 0.159 e. The predicted molar refractivity (Wildman–Crippen MR) is 95.6 cm³/mol. The van der Waals surface area contributed by atoms with E-state index in [-0.39, 0.29) is 11.9 Å². The minimum Gasteiger partial charge on any atom is -0.269 e. The van der Waals surface area contributed by atoms with Crippen LogP contribution in [0, 0.1) is 5.82 Å². The summed E-state index contributed by atoms with van der Waals surface area (Å²) in [5, 5.41) is 0.867. The average Bonchev–Trinajstić information content (AvgIpc) is 3.13. The second-order valence-electron chi connectivity index (χ2n) is 5.48. The molecular weight excluding hydrogens is 321 g/mol. The molecule has 4 rings (SSSR count). The van der Waals surface area contributed by atoms with Crippen molar-refractivity contribution >= 4 is 16.8 Å². The monoisotopic (exact) mass is 335 g/mol. The van der Waals surface area contributed by atoms with Crippen molar-refractivity contribution in [3.05, 3.63) is 83.9 Å². The highest BCUT2D eigenvalue weighted by Crippen LogP contribution is 2.33. The van der Waals surface area contributed by atoms with Crippen molar-refractivity contribution in [3.63, 3.8) is 0 Å². The fourth-order valence-corrected chi connectivity index (χ4v) is 3.65. The largest absolute Gasteiger partial charge is 0.269 e. The number of halogens is 1. The minimum atomic E-state index is -0.241. The lowest BCUT2D eigenvalue weighted by Crippen LogP contribution is -1.98. The van der Waals surface area contributed by atoms with Gasteiger partial charge in [-0.15, -0.1) is 11.8 Å². The molecule has 1 aromatic heterocycles. The highest BCUT2D eigenvalue weighted by atomic mass is 32.2. The van der Waals surface area contributed by atoms with Crippen LogP contribution in [0.3, 0.4) is 0 Å². The van der Waals surface area contributed by atoms with Gasteiger partial charge in [-0.1, -0.05) is 42.5 Å². The molecule has 0 saturated heterocycles. The van der Waals surface area contributed by atoms with Gasteiger partial charge in [-0.05, 0) is 12.1 Å². The lowest BCUT2D eigenvalue weighted by Gasteiger charge is -2.06. The van der Waals surface area contributed by atoms with E-state index in [0.29, 0.717) is 5.82 Å². The third-order valence-corrected chi connectivity index (χ3v) is 4.91. The number of aromatic nitrogens is 2. The molecule has 0 N–H and O–H groups in total. The highest BCUT2D eigenvalue weighted by Gasteiger charge is 2.22. The second-order valence-corrected chi connectivity index (χ2v) is 6.49. The lowest BCUT2D eigenvalue weighted by atomic mass is 10.1. The SMILES string of the molecule is Fc1cccc(C2=NC(c3cnc(-c4ccccc4)nc3)CS2)c1. The number of nitrogens with zero attached hydrogens (tertiary/aromatic N) is 3. The zero-order valence-electron chi connectivity index (χ0n) is 12.8. The first-order chi connectivity index (χ1) is 11.8. The molecule has 1 unspecified atom stereocenters. The molecule has 2 aromatic carbocycles. The Kier molecular flexibility index (Phi) is 4.09. The average molecular weight is 335 g/mol. The van der Waals surface area contributed by atoms with Crippen LogP contribution in [-0.2, 0) is 0 Å². The fraction of sp³-hybridized carbons (Fsp3) is 0.105. The molecule has 3 nitrogen and oxygen atoms in total. The lowest BCUT2D eigenvalue weighted by molar-refractivity contribution is 0.627. The van der Waals surface area contributed by atoms with Crippen LogP contribution in [0.25, 0.3) is 11.4 Å². The van der Waals surface area contributed by atoms with Crippen molar-refractivity contribution in [3.8, 4) is 11.4 Å². The van der Waals surface area contributed by atoms with E-state index >= 15 is 0 Å². The topological polar surface area (TPSA) is 38.1 Å². The molecule has 0 spiro atoms. The van der Waals surface area contributed by atoms with Gasteiger partial charge < -0.3 is 0 Å². The molecule has 5 heteroatoms. The summed E-state index contributed by atoms with van der Waals surface area (Å²) in [6.07, 6.45) is 3.66. The first-order valence-electron chi connectivity index (χ1n) is 7.63. The van der Waals surface area contributed by atoms with Crippen molar-refractivity contribution in [2.24, 2.45) is 4.99 Å². The number of rotatable bonds is 3. The van der Waals surface area contributed by atoms with E-state index in [2.05, 4.69) is 9.97 Å². The van der Waals surface area contributed by atoms with Crippen molar-refractivity contribution < 1.29 is 4.39 Å². The Morgan fingerprint density at radius 3 is 2.42 bits per heavy atom. The normalized spacial score (nSPS) is 16.9. The summed E-state index contributed by atoms with van der Waals surface area (Å²) >= 11 is 1.64. The second kappa shape index (κ2) is 6.53. The summed E-state index contributed by atoms with van der Waals surface area (Å²) in [5.41, 5.74) is 2.80. The summed E-state index contributed by atoms with van der Waals surface area (Å²) in [6, 6.07) is 16.4. The van der Waals surface area contributed by atoms with Crippen LogP contribution >= 0.6 is 11.8 Å². The van der Waals surface area contributed by atoms with Crippen LogP contribution in [0.2, 0.25) is 0 Å². The Morgan fingerprint density at radius 2 is 1.67 bits per heavy atom. The van der Waals surface area contributed by atoms with Crippen molar-refractivity contribution in [2.75, 3.05) is 5.75 Å². The summed E-state index contributed by atoms with van der Waals surface area (Å²) in [4.78, 5) is 13.6. The van der Waals surface area contributed by atoms with E-state index in [1.807, 2.05) is 48.8 Å². The Morgan fingerprint density at radius 1 is 0.917 bits per heavy atom. The number of aliphatic imine (C=N–C) groups is 1. The Bertz CT molecular complexity index is 879. The van der Waals surface area contributed by atoms with E-state index < -0.39 is 0 Å². The van der Waals surface area contributed by atoms with Crippen molar-refractivity contribution in [1.82, 2.24) is 9.97 Å². The van der Waals surface area contributed by atoms with E-state index in [0.717, 1.165) is 27.5 Å². The smallest absolute Gasteiger partial charge is 0.159 e. The van der Waals surface area contributed by atoms with E-state index in [9.17, 15) is 4.39 Å². The van der Waals surface area contributed by atoms with Gasteiger partial charge in [-0.25, -0.2) is 14.4 Å². The van der Waals surface area contributed by atoms with Crippen LogP contribution in [-0.4, -0.2) is 20.8 Å². The highest BCUT2D eigenvalue weighted by molar-refractivity contribution is 8.14. The van der Waals surface area contributed by atoms with Gasteiger partial charge in [0.1, 0.15) is 5.82 Å². The van der Waals surface area contributed by atoms with E-state index in [1.165, 1.54) is 12.1 Å². The van der Waals surface area contributed by atoms with E-state index in [4.69, 9.17) is 4.99 Å². The number of thioether (sulfide) groups is 1. The Hall–Kier alpha value is -2.53. The maximum absolute atomic E-state index is 13.4. The molecule has 0 radical (unpaired) electrons.